The maximum atomic E-state index is 13.3. The third-order valence-electron chi connectivity index (χ3n) is 3.13. The SMILES string of the molecule is CN(CCc1ccc(F)cc1F)C1CNC1. The maximum Gasteiger partial charge on any atom is 0.129 e. The Morgan fingerprint density at radius 3 is 2.69 bits per heavy atom. The van der Waals surface area contributed by atoms with Crippen LogP contribution in [0.2, 0.25) is 0 Å². The fourth-order valence-electron chi connectivity index (χ4n) is 1.79. The molecular weight excluding hydrogens is 210 g/mol. The summed E-state index contributed by atoms with van der Waals surface area (Å²) in [6.07, 6.45) is 0.624. The third-order valence-corrected chi connectivity index (χ3v) is 3.13. The minimum atomic E-state index is -0.516. The quantitative estimate of drug-likeness (QED) is 0.835. The van der Waals surface area contributed by atoms with Crippen LogP contribution in [-0.4, -0.2) is 37.6 Å². The molecule has 0 spiro atoms. The largest absolute Gasteiger partial charge is 0.314 e. The molecule has 0 aromatic heterocycles. The Kier molecular flexibility index (Phi) is 3.51. The van der Waals surface area contributed by atoms with Crippen molar-refractivity contribution in [2.45, 2.75) is 12.5 Å². The van der Waals surface area contributed by atoms with E-state index in [0.717, 1.165) is 25.7 Å². The number of halogens is 2. The first kappa shape index (κ1) is 11.5. The third kappa shape index (κ3) is 2.57. The normalized spacial score (nSPS) is 16.5. The van der Waals surface area contributed by atoms with Crippen molar-refractivity contribution < 1.29 is 8.78 Å². The summed E-state index contributed by atoms with van der Waals surface area (Å²) in [6.45, 7) is 2.81. The van der Waals surface area contributed by atoms with Crippen molar-refractivity contribution in [1.29, 1.82) is 0 Å². The van der Waals surface area contributed by atoms with Gasteiger partial charge in [-0.1, -0.05) is 6.07 Å². The lowest BCUT2D eigenvalue weighted by atomic mass is 10.1. The predicted octanol–water partition coefficient (Wildman–Crippen LogP) is 1.41. The molecular formula is C12H16F2N2. The zero-order valence-electron chi connectivity index (χ0n) is 9.34. The minimum Gasteiger partial charge on any atom is -0.314 e. The van der Waals surface area contributed by atoms with Crippen LogP contribution in [0.4, 0.5) is 8.78 Å². The molecule has 0 atom stereocenters. The van der Waals surface area contributed by atoms with Gasteiger partial charge in [0.25, 0.3) is 0 Å². The zero-order valence-corrected chi connectivity index (χ0v) is 9.34. The lowest BCUT2D eigenvalue weighted by Crippen LogP contribution is -2.56. The standard InChI is InChI=1S/C12H16F2N2/c1-16(11-7-15-8-11)5-4-9-2-3-10(13)6-12(9)14/h2-3,6,11,15H,4-5,7-8H2,1H3. The van der Waals surface area contributed by atoms with E-state index >= 15 is 0 Å². The summed E-state index contributed by atoms with van der Waals surface area (Å²) >= 11 is 0. The van der Waals surface area contributed by atoms with Gasteiger partial charge in [0, 0.05) is 31.7 Å². The van der Waals surface area contributed by atoms with Gasteiger partial charge in [-0.25, -0.2) is 8.78 Å². The lowest BCUT2D eigenvalue weighted by molar-refractivity contribution is 0.182. The fraction of sp³-hybridized carbons (Fsp3) is 0.500. The number of likely N-dealkylation sites (N-methyl/N-ethyl adjacent to an activating group) is 1. The van der Waals surface area contributed by atoms with E-state index in [-0.39, 0.29) is 0 Å². The highest BCUT2D eigenvalue weighted by molar-refractivity contribution is 5.18. The topological polar surface area (TPSA) is 15.3 Å². The highest BCUT2D eigenvalue weighted by Crippen LogP contribution is 2.11. The lowest BCUT2D eigenvalue weighted by Gasteiger charge is -2.35. The van der Waals surface area contributed by atoms with Gasteiger partial charge in [0.15, 0.2) is 0 Å². The van der Waals surface area contributed by atoms with E-state index in [4.69, 9.17) is 0 Å². The highest BCUT2D eigenvalue weighted by Gasteiger charge is 2.21. The van der Waals surface area contributed by atoms with Crippen molar-refractivity contribution >= 4 is 0 Å². The maximum absolute atomic E-state index is 13.3. The van der Waals surface area contributed by atoms with Crippen LogP contribution in [-0.2, 0) is 6.42 Å². The first-order valence-corrected chi connectivity index (χ1v) is 5.51. The molecule has 1 aromatic carbocycles. The van der Waals surface area contributed by atoms with E-state index < -0.39 is 11.6 Å². The van der Waals surface area contributed by atoms with Gasteiger partial charge < -0.3 is 10.2 Å². The van der Waals surface area contributed by atoms with Crippen molar-refractivity contribution in [2.75, 3.05) is 26.7 Å². The molecule has 1 saturated heterocycles. The van der Waals surface area contributed by atoms with E-state index in [1.165, 1.54) is 12.1 Å². The van der Waals surface area contributed by atoms with Crippen LogP contribution in [0, 0.1) is 11.6 Å². The summed E-state index contributed by atoms with van der Waals surface area (Å²) in [5.74, 6) is -0.960. The van der Waals surface area contributed by atoms with Crippen molar-refractivity contribution in [1.82, 2.24) is 10.2 Å². The summed E-state index contributed by atoms with van der Waals surface area (Å²) in [4.78, 5) is 2.21. The second-order valence-corrected chi connectivity index (χ2v) is 4.28. The fourth-order valence-corrected chi connectivity index (χ4v) is 1.79. The number of benzene rings is 1. The zero-order chi connectivity index (χ0) is 11.5. The second kappa shape index (κ2) is 4.89. The van der Waals surface area contributed by atoms with Crippen LogP contribution in [0.15, 0.2) is 18.2 Å². The van der Waals surface area contributed by atoms with Gasteiger partial charge in [-0.2, -0.15) is 0 Å². The van der Waals surface area contributed by atoms with E-state index in [1.807, 2.05) is 7.05 Å². The predicted molar refractivity (Wildman–Crippen MR) is 59.3 cm³/mol. The molecule has 0 saturated carbocycles. The average Bonchev–Trinajstić information content (AvgIpc) is 2.13. The van der Waals surface area contributed by atoms with Crippen LogP contribution >= 0.6 is 0 Å². The Morgan fingerprint density at radius 2 is 2.12 bits per heavy atom. The summed E-state index contributed by atoms with van der Waals surface area (Å²) in [5, 5.41) is 3.19. The second-order valence-electron chi connectivity index (χ2n) is 4.28. The first-order chi connectivity index (χ1) is 7.66. The molecule has 1 fully saturated rings. The van der Waals surface area contributed by atoms with Gasteiger partial charge in [0.05, 0.1) is 0 Å². The van der Waals surface area contributed by atoms with E-state index in [1.54, 1.807) is 0 Å². The van der Waals surface area contributed by atoms with E-state index in [0.29, 0.717) is 18.0 Å². The highest BCUT2D eigenvalue weighted by atomic mass is 19.1. The van der Waals surface area contributed by atoms with E-state index in [9.17, 15) is 8.78 Å². The molecule has 0 aliphatic carbocycles. The van der Waals surface area contributed by atoms with Crippen molar-refractivity contribution in [3.05, 3.63) is 35.4 Å². The monoisotopic (exact) mass is 226 g/mol. The molecule has 1 aromatic rings. The Labute approximate surface area is 94.3 Å². The molecule has 2 rings (SSSR count). The molecule has 0 radical (unpaired) electrons. The summed E-state index contributed by atoms with van der Waals surface area (Å²) < 4.78 is 26.0. The van der Waals surface area contributed by atoms with E-state index in [2.05, 4.69) is 10.2 Å². The summed E-state index contributed by atoms with van der Waals surface area (Å²) in [5.41, 5.74) is 0.584. The number of hydrogen-bond acceptors (Lipinski definition) is 2. The number of nitrogens with zero attached hydrogens (tertiary/aromatic N) is 1. The Morgan fingerprint density at radius 1 is 1.38 bits per heavy atom. The van der Waals surface area contributed by atoms with Gasteiger partial charge >= 0.3 is 0 Å². The molecule has 4 heteroatoms. The average molecular weight is 226 g/mol. The van der Waals surface area contributed by atoms with Gasteiger partial charge in [0.1, 0.15) is 11.6 Å². The molecule has 2 nitrogen and oxygen atoms in total. The van der Waals surface area contributed by atoms with Crippen LogP contribution in [0.3, 0.4) is 0 Å². The van der Waals surface area contributed by atoms with Crippen LogP contribution in [0.5, 0.6) is 0 Å². The number of hydrogen-bond donors (Lipinski definition) is 1. The molecule has 0 bridgehead atoms. The Bertz CT molecular complexity index is 364. The number of rotatable bonds is 4. The molecule has 0 unspecified atom stereocenters. The molecule has 16 heavy (non-hydrogen) atoms. The van der Waals surface area contributed by atoms with Crippen molar-refractivity contribution in [2.24, 2.45) is 0 Å². The molecule has 1 heterocycles. The summed E-state index contributed by atoms with van der Waals surface area (Å²) in [6, 6.07) is 4.34. The number of nitrogens with one attached hydrogen (secondary N) is 1. The summed E-state index contributed by atoms with van der Waals surface area (Å²) in [7, 11) is 2.03. The van der Waals surface area contributed by atoms with Crippen LogP contribution in [0.25, 0.3) is 0 Å². The molecule has 88 valence electrons. The van der Waals surface area contributed by atoms with Crippen LogP contribution in [0.1, 0.15) is 5.56 Å². The van der Waals surface area contributed by atoms with Crippen molar-refractivity contribution in [3.8, 4) is 0 Å². The van der Waals surface area contributed by atoms with Gasteiger partial charge in [-0.3, -0.25) is 0 Å². The molecule has 0 amide bonds. The van der Waals surface area contributed by atoms with Crippen LogP contribution < -0.4 is 5.32 Å². The Balaban J connectivity index is 1.88. The van der Waals surface area contributed by atoms with Gasteiger partial charge in [0.2, 0.25) is 0 Å². The molecule has 1 aliphatic heterocycles. The Hall–Kier alpha value is -1.00. The molecule has 1 aliphatic rings. The van der Waals surface area contributed by atoms with Gasteiger partial charge in [-0.15, -0.1) is 0 Å². The molecule has 1 N–H and O–H groups in total. The van der Waals surface area contributed by atoms with Crippen molar-refractivity contribution in [3.63, 3.8) is 0 Å². The smallest absolute Gasteiger partial charge is 0.129 e. The first-order valence-electron chi connectivity index (χ1n) is 5.51. The minimum absolute atomic E-state index is 0.444. The van der Waals surface area contributed by atoms with Gasteiger partial charge in [-0.05, 0) is 25.1 Å².